The van der Waals surface area contributed by atoms with Gasteiger partial charge in [0.15, 0.2) is 6.29 Å². The Morgan fingerprint density at radius 2 is 1.57 bits per heavy atom. The third-order valence-electron chi connectivity index (χ3n) is 3.27. The van der Waals surface area contributed by atoms with E-state index in [2.05, 4.69) is 4.98 Å². The van der Waals surface area contributed by atoms with Gasteiger partial charge in [-0.15, -0.1) is 0 Å². The maximum Gasteiger partial charge on any atom is 0.152 e. The number of aldehydes is 1. The van der Waals surface area contributed by atoms with E-state index in [0.29, 0.717) is 11.3 Å². The van der Waals surface area contributed by atoms with Gasteiger partial charge in [0.05, 0.1) is 5.69 Å². The molecule has 2 nitrogen and oxygen atoms in total. The number of halogens is 1. The number of hydrogen-bond acceptors (Lipinski definition) is 2. The van der Waals surface area contributed by atoms with Crippen LogP contribution in [0, 0.1) is 5.82 Å². The van der Waals surface area contributed by atoms with Crippen molar-refractivity contribution in [2.24, 2.45) is 0 Å². The molecule has 0 spiro atoms. The van der Waals surface area contributed by atoms with Crippen LogP contribution in [0.4, 0.5) is 4.39 Å². The molecular weight excluding hydrogens is 265 g/mol. The zero-order valence-electron chi connectivity index (χ0n) is 11.2. The van der Waals surface area contributed by atoms with Crippen molar-refractivity contribution in [2.45, 2.75) is 0 Å². The fraction of sp³-hybridized carbons (Fsp3) is 0. The zero-order valence-corrected chi connectivity index (χ0v) is 11.2. The van der Waals surface area contributed by atoms with Crippen molar-refractivity contribution in [3.05, 3.63) is 78.2 Å². The Bertz CT molecular complexity index is 767. The fourth-order valence-corrected chi connectivity index (χ4v) is 2.21. The van der Waals surface area contributed by atoms with E-state index in [-0.39, 0.29) is 5.82 Å². The van der Waals surface area contributed by atoms with Crippen molar-refractivity contribution < 1.29 is 9.18 Å². The molecule has 0 aliphatic heterocycles. The molecule has 102 valence electrons. The SMILES string of the molecule is O=Cc1cc(-c2ccccc2)cnc1-c1ccc(F)cc1. The maximum absolute atomic E-state index is 13.0. The summed E-state index contributed by atoms with van der Waals surface area (Å²) in [7, 11) is 0. The molecule has 3 heteroatoms. The highest BCUT2D eigenvalue weighted by Gasteiger charge is 2.08. The summed E-state index contributed by atoms with van der Waals surface area (Å²) >= 11 is 0. The first-order valence-electron chi connectivity index (χ1n) is 6.54. The first-order valence-corrected chi connectivity index (χ1v) is 6.54. The van der Waals surface area contributed by atoms with Gasteiger partial charge in [-0.1, -0.05) is 30.3 Å². The van der Waals surface area contributed by atoms with Crippen LogP contribution in [0.25, 0.3) is 22.4 Å². The van der Waals surface area contributed by atoms with E-state index < -0.39 is 0 Å². The smallest absolute Gasteiger partial charge is 0.152 e. The summed E-state index contributed by atoms with van der Waals surface area (Å²) in [6, 6.07) is 17.5. The van der Waals surface area contributed by atoms with Crippen molar-refractivity contribution in [3.8, 4) is 22.4 Å². The van der Waals surface area contributed by atoms with Gasteiger partial charge in [-0.25, -0.2) is 4.39 Å². The first-order chi connectivity index (χ1) is 10.3. The molecule has 0 radical (unpaired) electrons. The molecule has 0 bridgehead atoms. The average Bonchev–Trinajstić information content (AvgIpc) is 2.56. The third-order valence-corrected chi connectivity index (χ3v) is 3.27. The number of benzene rings is 2. The summed E-state index contributed by atoms with van der Waals surface area (Å²) in [5.41, 5.74) is 3.65. The number of aromatic nitrogens is 1. The highest BCUT2D eigenvalue weighted by atomic mass is 19.1. The molecule has 1 heterocycles. The van der Waals surface area contributed by atoms with Crippen LogP contribution in [0.3, 0.4) is 0 Å². The molecule has 3 rings (SSSR count). The Morgan fingerprint density at radius 3 is 2.24 bits per heavy atom. The van der Waals surface area contributed by atoms with Crippen molar-refractivity contribution >= 4 is 6.29 Å². The summed E-state index contributed by atoms with van der Waals surface area (Å²) < 4.78 is 13.0. The van der Waals surface area contributed by atoms with E-state index in [1.165, 1.54) is 12.1 Å². The molecule has 0 saturated carbocycles. The maximum atomic E-state index is 13.0. The van der Waals surface area contributed by atoms with Gasteiger partial charge >= 0.3 is 0 Å². The van der Waals surface area contributed by atoms with Crippen LogP contribution in [0.5, 0.6) is 0 Å². The standard InChI is InChI=1S/C18H12FNO/c19-17-8-6-14(7-9-17)18-16(12-21)10-15(11-20-18)13-4-2-1-3-5-13/h1-12H. The number of carbonyl (C=O) groups is 1. The molecule has 1 aromatic heterocycles. The third kappa shape index (κ3) is 2.72. The Balaban J connectivity index is 2.08. The van der Waals surface area contributed by atoms with Crippen molar-refractivity contribution in [1.82, 2.24) is 4.98 Å². The van der Waals surface area contributed by atoms with E-state index in [1.807, 2.05) is 30.3 Å². The predicted octanol–water partition coefficient (Wildman–Crippen LogP) is 4.37. The van der Waals surface area contributed by atoms with Crippen molar-refractivity contribution in [1.29, 1.82) is 0 Å². The van der Waals surface area contributed by atoms with Crippen LogP contribution < -0.4 is 0 Å². The van der Waals surface area contributed by atoms with Crippen LogP contribution in [-0.4, -0.2) is 11.3 Å². The summed E-state index contributed by atoms with van der Waals surface area (Å²) in [6.45, 7) is 0. The Labute approximate surface area is 121 Å². The number of pyridine rings is 1. The fourth-order valence-electron chi connectivity index (χ4n) is 2.21. The summed E-state index contributed by atoms with van der Waals surface area (Å²) in [5, 5.41) is 0. The van der Waals surface area contributed by atoms with Crippen LogP contribution >= 0.6 is 0 Å². The van der Waals surface area contributed by atoms with Gasteiger partial charge in [0.25, 0.3) is 0 Å². The lowest BCUT2D eigenvalue weighted by molar-refractivity contribution is 0.112. The highest BCUT2D eigenvalue weighted by molar-refractivity contribution is 5.87. The molecule has 0 unspecified atom stereocenters. The van der Waals surface area contributed by atoms with Gasteiger partial charge < -0.3 is 0 Å². The highest BCUT2D eigenvalue weighted by Crippen LogP contribution is 2.25. The lowest BCUT2D eigenvalue weighted by Gasteiger charge is -2.07. The van der Waals surface area contributed by atoms with Crippen molar-refractivity contribution in [2.75, 3.05) is 0 Å². The second kappa shape index (κ2) is 5.67. The molecule has 21 heavy (non-hydrogen) atoms. The molecule has 2 aromatic carbocycles. The Morgan fingerprint density at radius 1 is 0.857 bits per heavy atom. The molecule has 3 aromatic rings. The molecule has 0 saturated heterocycles. The number of nitrogens with zero attached hydrogens (tertiary/aromatic N) is 1. The molecular formula is C18H12FNO. The monoisotopic (exact) mass is 277 g/mol. The lowest BCUT2D eigenvalue weighted by Crippen LogP contribution is -1.93. The van der Waals surface area contributed by atoms with E-state index in [9.17, 15) is 9.18 Å². The average molecular weight is 277 g/mol. The van der Waals surface area contributed by atoms with Crippen LogP contribution in [0.2, 0.25) is 0 Å². The largest absolute Gasteiger partial charge is 0.298 e. The lowest BCUT2D eigenvalue weighted by atomic mass is 10.0. The minimum Gasteiger partial charge on any atom is -0.298 e. The summed E-state index contributed by atoms with van der Waals surface area (Å²) in [5.74, 6) is -0.313. The normalized spacial score (nSPS) is 10.3. The number of hydrogen-bond donors (Lipinski definition) is 0. The van der Waals surface area contributed by atoms with E-state index >= 15 is 0 Å². The zero-order chi connectivity index (χ0) is 14.7. The molecule has 0 amide bonds. The predicted molar refractivity (Wildman–Crippen MR) is 80.5 cm³/mol. The van der Waals surface area contributed by atoms with Gasteiger partial charge in [0.1, 0.15) is 5.82 Å². The van der Waals surface area contributed by atoms with Crippen LogP contribution in [0.15, 0.2) is 66.9 Å². The van der Waals surface area contributed by atoms with Crippen molar-refractivity contribution in [3.63, 3.8) is 0 Å². The van der Waals surface area contributed by atoms with Gasteiger partial charge in [-0.3, -0.25) is 9.78 Å². The first kappa shape index (κ1) is 13.2. The van der Waals surface area contributed by atoms with Crippen LogP contribution in [0.1, 0.15) is 10.4 Å². The van der Waals surface area contributed by atoms with Gasteiger partial charge in [-0.05, 0) is 35.9 Å². The van der Waals surface area contributed by atoms with Gasteiger partial charge in [0.2, 0.25) is 0 Å². The quantitative estimate of drug-likeness (QED) is 0.665. The second-order valence-corrected chi connectivity index (χ2v) is 4.65. The van der Waals surface area contributed by atoms with Gasteiger partial charge in [-0.2, -0.15) is 0 Å². The summed E-state index contributed by atoms with van der Waals surface area (Å²) in [4.78, 5) is 15.7. The van der Waals surface area contributed by atoms with E-state index in [0.717, 1.165) is 23.0 Å². The Hall–Kier alpha value is -2.81. The second-order valence-electron chi connectivity index (χ2n) is 4.65. The molecule has 0 atom stereocenters. The number of rotatable bonds is 3. The van der Waals surface area contributed by atoms with E-state index in [4.69, 9.17) is 0 Å². The minimum absolute atomic E-state index is 0.313. The topological polar surface area (TPSA) is 30.0 Å². The Kier molecular flexibility index (Phi) is 3.56. The molecule has 0 N–H and O–H groups in total. The number of carbonyl (C=O) groups excluding carboxylic acids is 1. The summed E-state index contributed by atoms with van der Waals surface area (Å²) in [6.07, 6.45) is 2.50. The minimum atomic E-state index is -0.313. The van der Waals surface area contributed by atoms with Crippen LogP contribution in [-0.2, 0) is 0 Å². The van der Waals surface area contributed by atoms with E-state index in [1.54, 1.807) is 24.4 Å². The molecule has 0 aliphatic carbocycles. The van der Waals surface area contributed by atoms with Gasteiger partial charge in [0, 0.05) is 22.9 Å². The molecule has 0 aliphatic rings. The molecule has 0 fully saturated rings.